The monoisotopic (exact) mass is 353 g/mol. The zero-order valence-corrected chi connectivity index (χ0v) is 14.1. The lowest BCUT2D eigenvalue weighted by molar-refractivity contribution is -0.298. The summed E-state index contributed by atoms with van der Waals surface area (Å²) >= 11 is 6.92. The van der Waals surface area contributed by atoms with Crippen LogP contribution in [0.2, 0.25) is 5.02 Å². The first-order chi connectivity index (χ1) is 11.0. The molecule has 1 aromatic carbocycles. The average Bonchev–Trinajstić information content (AvgIpc) is 2.97. The number of hydrogen-bond donors (Lipinski definition) is 0. The van der Waals surface area contributed by atoms with E-state index in [-0.39, 0.29) is 10.1 Å². The number of carboxylic acids is 1. The molecule has 23 heavy (non-hydrogen) atoms. The van der Waals surface area contributed by atoms with Gasteiger partial charge < -0.3 is 19.1 Å². The fourth-order valence-corrected chi connectivity index (χ4v) is 2.61. The van der Waals surface area contributed by atoms with Crippen molar-refractivity contribution in [2.45, 2.75) is 25.5 Å². The third-order valence-corrected chi connectivity index (χ3v) is 3.84. The summed E-state index contributed by atoms with van der Waals surface area (Å²) in [5.41, 5.74) is 0.598. The van der Waals surface area contributed by atoms with Crippen molar-refractivity contribution in [2.75, 3.05) is 6.61 Å². The third kappa shape index (κ3) is 4.74. The van der Waals surface area contributed by atoms with Gasteiger partial charge >= 0.3 is 0 Å². The molecule has 1 heterocycles. The molecule has 0 atom stereocenters. The highest BCUT2D eigenvalue weighted by Crippen LogP contribution is 2.30. The highest BCUT2D eigenvalue weighted by molar-refractivity contribution is 8.03. The van der Waals surface area contributed by atoms with E-state index in [4.69, 9.17) is 20.8 Å². The van der Waals surface area contributed by atoms with Crippen LogP contribution in [0.4, 0.5) is 0 Å². The maximum absolute atomic E-state index is 11.3. The van der Waals surface area contributed by atoms with Crippen molar-refractivity contribution < 1.29 is 19.1 Å². The van der Waals surface area contributed by atoms with Crippen molar-refractivity contribution in [1.29, 1.82) is 0 Å². The molecule has 1 aromatic heterocycles. The van der Waals surface area contributed by atoms with Crippen LogP contribution < -0.4 is 9.84 Å². The molecule has 2 aromatic rings. The number of halogens is 1. The minimum atomic E-state index is -1.34. The van der Waals surface area contributed by atoms with Gasteiger partial charge in [0.15, 0.2) is 0 Å². The number of benzene rings is 1. The van der Waals surface area contributed by atoms with Gasteiger partial charge in [0, 0.05) is 11.3 Å². The van der Waals surface area contributed by atoms with Gasteiger partial charge in [-0.1, -0.05) is 24.6 Å². The highest BCUT2D eigenvalue weighted by atomic mass is 35.5. The summed E-state index contributed by atoms with van der Waals surface area (Å²) in [5.74, 6) is -0.357. The van der Waals surface area contributed by atoms with Crippen LogP contribution >= 0.6 is 23.4 Å². The Balaban J connectivity index is 2.24. The molecule has 0 fully saturated rings. The molecule has 0 aliphatic carbocycles. The van der Waals surface area contributed by atoms with Crippen molar-refractivity contribution in [2.24, 2.45) is 0 Å². The first kappa shape index (κ1) is 17.4. The Kier molecular flexibility index (Phi) is 6.06. The fourth-order valence-electron chi connectivity index (χ4n) is 1.68. The van der Waals surface area contributed by atoms with Gasteiger partial charge in [-0.15, -0.1) is 10.2 Å². The molecule has 0 saturated heterocycles. The Labute approximate surface area is 142 Å². The van der Waals surface area contributed by atoms with Gasteiger partial charge in [-0.25, -0.2) is 0 Å². The maximum Gasteiger partial charge on any atom is 0.281 e. The largest absolute Gasteiger partial charge is 0.544 e. The second-order valence-electron chi connectivity index (χ2n) is 4.34. The number of hydrogen-bond acceptors (Lipinski definition) is 7. The van der Waals surface area contributed by atoms with E-state index in [1.807, 2.05) is 13.8 Å². The third-order valence-electron chi connectivity index (χ3n) is 2.70. The lowest BCUT2D eigenvalue weighted by atomic mass is 10.2. The smallest absolute Gasteiger partial charge is 0.281 e. The van der Waals surface area contributed by atoms with E-state index < -0.39 is 5.97 Å². The number of aromatic nitrogens is 2. The molecule has 6 nitrogen and oxygen atoms in total. The van der Waals surface area contributed by atoms with Crippen LogP contribution in [0.5, 0.6) is 5.75 Å². The van der Waals surface area contributed by atoms with Crippen LogP contribution in [0, 0.1) is 0 Å². The second-order valence-corrected chi connectivity index (χ2v) is 5.74. The van der Waals surface area contributed by atoms with Gasteiger partial charge in [-0.3, -0.25) is 0 Å². The number of carboxylic acid groups (broad SMARTS) is 1. The van der Waals surface area contributed by atoms with Crippen LogP contribution in [0.25, 0.3) is 6.08 Å². The van der Waals surface area contributed by atoms with Crippen LogP contribution in [-0.2, 0) is 11.2 Å². The van der Waals surface area contributed by atoms with Crippen LogP contribution in [0.15, 0.2) is 32.7 Å². The molecule has 0 amide bonds. The van der Waals surface area contributed by atoms with Crippen molar-refractivity contribution in [1.82, 2.24) is 10.2 Å². The lowest BCUT2D eigenvalue weighted by Crippen LogP contribution is -2.23. The molecule has 0 N–H and O–H groups in total. The molecule has 0 bridgehead atoms. The van der Waals surface area contributed by atoms with E-state index in [2.05, 4.69) is 10.2 Å². The van der Waals surface area contributed by atoms with Crippen molar-refractivity contribution >= 4 is 35.4 Å². The molecule has 0 aliphatic rings. The average molecular weight is 354 g/mol. The number of aryl methyl sites for hydroxylation is 1. The number of rotatable bonds is 7. The predicted octanol–water partition coefficient (Wildman–Crippen LogP) is 2.57. The Bertz CT molecular complexity index is 730. The molecule has 0 unspecified atom stereocenters. The van der Waals surface area contributed by atoms with Crippen LogP contribution in [0.1, 0.15) is 25.3 Å². The number of thioether (sulfide) groups is 1. The molecular weight excluding hydrogens is 340 g/mol. The zero-order valence-electron chi connectivity index (χ0n) is 12.5. The minimum absolute atomic E-state index is 0.0588. The molecule has 2 rings (SSSR count). The molecular formula is C15H14ClN2O4S-. The molecule has 0 saturated carbocycles. The van der Waals surface area contributed by atoms with Crippen molar-refractivity contribution in [3.8, 4) is 5.75 Å². The number of nitrogens with zero attached hydrogens (tertiary/aromatic N) is 2. The number of ether oxygens (including phenoxy) is 1. The minimum Gasteiger partial charge on any atom is -0.544 e. The molecule has 0 radical (unpaired) electrons. The van der Waals surface area contributed by atoms with Gasteiger partial charge in [0.05, 0.1) is 17.6 Å². The molecule has 0 spiro atoms. The zero-order chi connectivity index (χ0) is 16.8. The Morgan fingerprint density at radius 1 is 1.43 bits per heavy atom. The van der Waals surface area contributed by atoms with Crippen molar-refractivity contribution in [3.05, 3.63) is 39.6 Å². The number of carbonyl (C=O) groups excluding carboxylic acids is 1. The summed E-state index contributed by atoms with van der Waals surface area (Å²) < 4.78 is 10.6. The summed E-state index contributed by atoms with van der Waals surface area (Å²) in [4.78, 5) is 11.2. The molecule has 8 heteroatoms. The quantitative estimate of drug-likeness (QED) is 0.558. The van der Waals surface area contributed by atoms with E-state index in [0.717, 1.165) is 11.8 Å². The number of aliphatic carboxylic acids is 1. The Hall–Kier alpha value is -1.99. The van der Waals surface area contributed by atoms with Gasteiger partial charge in [0.25, 0.3) is 5.22 Å². The van der Waals surface area contributed by atoms with Gasteiger partial charge in [-0.2, -0.15) is 0 Å². The normalized spacial score (nSPS) is 11.5. The first-order valence-electron chi connectivity index (χ1n) is 6.89. The summed E-state index contributed by atoms with van der Waals surface area (Å²) in [5, 5.41) is 19.4. The summed E-state index contributed by atoms with van der Waals surface area (Å²) in [6.07, 6.45) is 2.00. The van der Waals surface area contributed by atoms with Crippen molar-refractivity contribution in [3.63, 3.8) is 0 Å². The Morgan fingerprint density at radius 2 is 2.22 bits per heavy atom. The van der Waals surface area contributed by atoms with Crippen LogP contribution in [-0.4, -0.2) is 22.8 Å². The number of carbonyl (C=O) groups is 1. The highest BCUT2D eigenvalue weighted by Gasteiger charge is 2.10. The van der Waals surface area contributed by atoms with E-state index >= 15 is 0 Å². The summed E-state index contributed by atoms with van der Waals surface area (Å²) in [7, 11) is 0. The van der Waals surface area contributed by atoms with Gasteiger partial charge in [0.1, 0.15) is 5.75 Å². The lowest BCUT2D eigenvalue weighted by Gasteiger charge is -2.08. The van der Waals surface area contributed by atoms with E-state index in [0.29, 0.717) is 35.3 Å². The van der Waals surface area contributed by atoms with Gasteiger partial charge in [0.2, 0.25) is 5.89 Å². The topological polar surface area (TPSA) is 88.3 Å². The van der Waals surface area contributed by atoms with E-state index in [9.17, 15) is 9.90 Å². The standard InChI is InChI=1S/C15H15ClN2O4S/c1-3-13-17-18-15(22-13)23-12(14(19)20)8-9-5-6-11(21-4-2)10(16)7-9/h5-8H,3-4H2,1-2H3,(H,19,20)/p-1/b12-8-. The second kappa shape index (κ2) is 8.03. The Morgan fingerprint density at radius 3 is 2.78 bits per heavy atom. The molecule has 0 aliphatic heterocycles. The fraction of sp³-hybridized carbons (Fsp3) is 0.267. The van der Waals surface area contributed by atoms with E-state index in [1.165, 1.54) is 6.08 Å². The summed E-state index contributed by atoms with van der Waals surface area (Å²) in [6.45, 7) is 4.20. The van der Waals surface area contributed by atoms with Crippen LogP contribution in [0.3, 0.4) is 0 Å². The van der Waals surface area contributed by atoms with Gasteiger partial charge in [-0.05, 0) is 42.5 Å². The molecule has 122 valence electrons. The SMILES string of the molecule is CCOc1ccc(/C=C(\Sc2nnc(CC)o2)C(=O)[O-])cc1Cl. The first-order valence-corrected chi connectivity index (χ1v) is 8.08. The predicted molar refractivity (Wildman–Crippen MR) is 85.1 cm³/mol. The van der Waals surface area contributed by atoms with E-state index in [1.54, 1.807) is 18.2 Å². The summed E-state index contributed by atoms with van der Waals surface area (Å²) in [6, 6.07) is 4.99. The maximum atomic E-state index is 11.3.